The van der Waals surface area contributed by atoms with Crippen LogP contribution in [0.1, 0.15) is 64.6 Å². The molecule has 5 aliphatic heterocycles. The van der Waals surface area contributed by atoms with E-state index in [0.717, 1.165) is 42.0 Å². The van der Waals surface area contributed by atoms with Crippen molar-refractivity contribution in [3.63, 3.8) is 0 Å². The highest BCUT2D eigenvalue weighted by molar-refractivity contribution is 7.13. The molecule has 332 valence electrons. The molecule has 18 heteroatoms. The van der Waals surface area contributed by atoms with E-state index in [1.54, 1.807) is 28.9 Å². The minimum Gasteiger partial charge on any atom is -0.374 e. The van der Waals surface area contributed by atoms with E-state index in [-0.39, 0.29) is 42.5 Å². The molecule has 5 aromatic rings. The number of alkyl halides is 2. The number of hydrogen-bond acceptors (Lipinski definition) is 11. The minimum absolute atomic E-state index is 0.0813. The van der Waals surface area contributed by atoms with Gasteiger partial charge in [0.2, 0.25) is 11.8 Å². The van der Waals surface area contributed by atoms with Crippen molar-refractivity contribution in [2.75, 3.05) is 54.8 Å². The van der Waals surface area contributed by atoms with Crippen molar-refractivity contribution in [2.24, 2.45) is 0 Å². The first-order valence-electron chi connectivity index (χ1n) is 21.7. The average Bonchev–Trinajstić information content (AvgIpc) is 4.11. The van der Waals surface area contributed by atoms with Crippen LogP contribution in [-0.2, 0) is 40.4 Å². The lowest BCUT2D eigenvalue weighted by Crippen LogP contribution is -2.61. The standard InChI is InChI=1S/C46H47F3N10O4S/c47-35-23-30(22-33-34(35)25-59(44(33)63)41(43(62)54-45-50-14-21-64-45)40-37-2-1-15-58(37)27-51-40)29-5-9-32(10-6-29)56-17-19-57(20-18-56)38-13-16-55(26-46(38,48)49)24-28-3-7-31(8-4-28)52-36-11-12-39(60)53-42(36)61/h3-10,14,21-23,27,36,38,41,52H,1-2,11-13,15-20,24-26H2,(H,50,54,62)(H,53,60,61). The van der Waals surface area contributed by atoms with Crippen molar-refractivity contribution >= 4 is 51.5 Å². The normalized spacial score (nSPS) is 21.7. The fraction of sp³-hybridized carbons (Fsp3) is 0.391. The highest BCUT2D eigenvalue weighted by Crippen LogP contribution is 2.39. The van der Waals surface area contributed by atoms with E-state index < -0.39 is 41.7 Å². The van der Waals surface area contributed by atoms with E-state index in [2.05, 4.69) is 30.8 Å². The van der Waals surface area contributed by atoms with Crippen LogP contribution in [0, 0.1) is 5.82 Å². The Hall–Kier alpha value is -6.11. The number of halogens is 3. The molecule has 0 spiro atoms. The molecule has 3 aromatic carbocycles. The van der Waals surface area contributed by atoms with Gasteiger partial charge in [0.25, 0.3) is 17.7 Å². The summed E-state index contributed by atoms with van der Waals surface area (Å²) in [5.74, 6) is -4.96. The fourth-order valence-corrected chi connectivity index (χ4v) is 10.4. The van der Waals surface area contributed by atoms with Crippen molar-refractivity contribution in [2.45, 2.75) is 75.8 Å². The van der Waals surface area contributed by atoms with Gasteiger partial charge in [-0.2, -0.15) is 0 Å². The number of carbonyl (C=O) groups excluding carboxylic acids is 4. The Balaban J connectivity index is 0.751. The number of piperazine rings is 1. The Labute approximate surface area is 371 Å². The predicted molar refractivity (Wildman–Crippen MR) is 234 cm³/mol. The Bertz CT molecular complexity index is 2580. The summed E-state index contributed by atoms with van der Waals surface area (Å²) >= 11 is 1.26. The molecule has 3 fully saturated rings. The van der Waals surface area contributed by atoms with Crippen LogP contribution in [0.4, 0.5) is 29.7 Å². The topological polar surface area (TPSA) is 148 Å². The number of carbonyl (C=O) groups is 4. The van der Waals surface area contributed by atoms with E-state index in [9.17, 15) is 19.2 Å². The smallest absolute Gasteiger partial charge is 0.275 e. The SMILES string of the molecule is O=C1CCC(Nc2ccc(CN3CCC(N4CCN(c5ccc(-c6cc(F)c7c(c6)C(=O)N(C(C(=O)Nc6nccs6)c6ncn8c6CCC8)C7)cc5)CC4)C(F)(F)C3)cc2)C(=O)N1. The molecule has 2 aromatic heterocycles. The molecule has 4 amide bonds. The maximum Gasteiger partial charge on any atom is 0.275 e. The molecule has 0 bridgehead atoms. The first kappa shape index (κ1) is 41.9. The summed E-state index contributed by atoms with van der Waals surface area (Å²) in [6.45, 7) is 3.42. The van der Waals surface area contributed by atoms with E-state index in [1.165, 1.54) is 22.3 Å². The average molecular weight is 893 g/mol. The predicted octanol–water partition coefficient (Wildman–Crippen LogP) is 5.68. The number of thiazole rings is 1. The number of nitrogens with one attached hydrogen (secondary N) is 3. The Morgan fingerprint density at radius 1 is 0.922 bits per heavy atom. The lowest BCUT2D eigenvalue weighted by Gasteiger charge is -2.46. The lowest BCUT2D eigenvalue weighted by atomic mass is 9.97. The van der Waals surface area contributed by atoms with Gasteiger partial charge < -0.3 is 19.7 Å². The van der Waals surface area contributed by atoms with Gasteiger partial charge in [-0.1, -0.05) is 24.3 Å². The van der Waals surface area contributed by atoms with Gasteiger partial charge in [-0.25, -0.2) is 23.1 Å². The number of benzene rings is 3. The molecule has 3 saturated heterocycles. The number of imidazole rings is 1. The number of likely N-dealkylation sites (tertiary alicyclic amines) is 1. The number of fused-ring (bicyclic) bond motifs is 2. The second kappa shape index (κ2) is 17.1. The third-order valence-corrected chi connectivity index (χ3v) is 13.9. The van der Waals surface area contributed by atoms with Crippen molar-refractivity contribution in [3.05, 3.63) is 112 Å². The van der Waals surface area contributed by atoms with Crippen LogP contribution < -0.4 is 20.9 Å². The summed E-state index contributed by atoms with van der Waals surface area (Å²) in [6, 6.07) is 15.7. The maximum atomic E-state index is 16.0. The van der Waals surface area contributed by atoms with Crippen LogP contribution in [0.15, 0.2) is 78.6 Å². The van der Waals surface area contributed by atoms with Crippen molar-refractivity contribution < 1.29 is 32.3 Å². The second-order valence-corrected chi connectivity index (χ2v) is 18.1. The van der Waals surface area contributed by atoms with Gasteiger partial charge in [-0.15, -0.1) is 11.3 Å². The molecule has 3 atom stereocenters. The van der Waals surface area contributed by atoms with Crippen molar-refractivity contribution in [3.8, 4) is 11.1 Å². The molecule has 3 unspecified atom stereocenters. The highest BCUT2D eigenvalue weighted by atomic mass is 32.1. The van der Waals surface area contributed by atoms with Gasteiger partial charge in [0, 0.05) is 92.0 Å². The largest absolute Gasteiger partial charge is 0.374 e. The number of rotatable bonds is 11. The molecule has 0 radical (unpaired) electrons. The summed E-state index contributed by atoms with van der Waals surface area (Å²) in [6.07, 6.45) is 5.95. The van der Waals surface area contributed by atoms with Crippen LogP contribution >= 0.6 is 11.3 Å². The van der Waals surface area contributed by atoms with Crippen molar-refractivity contribution in [1.82, 2.24) is 34.6 Å². The summed E-state index contributed by atoms with van der Waals surface area (Å²) in [4.78, 5) is 67.6. The molecule has 0 aliphatic carbocycles. The molecule has 0 saturated carbocycles. The number of imide groups is 1. The summed E-state index contributed by atoms with van der Waals surface area (Å²) in [7, 11) is 0. The molecule has 64 heavy (non-hydrogen) atoms. The number of anilines is 3. The second-order valence-electron chi connectivity index (χ2n) is 17.2. The van der Waals surface area contributed by atoms with Gasteiger partial charge in [-0.3, -0.25) is 39.6 Å². The molecule has 14 nitrogen and oxygen atoms in total. The third kappa shape index (κ3) is 8.25. The number of piperidine rings is 2. The third-order valence-electron chi connectivity index (χ3n) is 13.2. The highest BCUT2D eigenvalue weighted by Gasteiger charge is 2.48. The molecular weight excluding hydrogens is 846 g/mol. The monoisotopic (exact) mass is 892 g/mol. The van der Waals surface area contributed by atoms with Crippen LogP contribution in [0.25, 0.3) is 11.1 Å². The van der Waals surface area contributed by atoms with E-state index in [1.807, 2.05) is 58.0 Å². The van der Waals surface area contributed by atoms with Gasteiger partial charge >= 0.3 is 0 Å². The number of aromatic nitrogens is 3. The Morgan fingerprint density at radius 2 is 1.72 bits per heavy atom. The fourth-order valence-electron chi connectivity index (χ4n) is 9.90. The first-order chi connectivity index (χ1) is 31.0. The van der Waals surface area contributed by atoms with E-state index in [4.69, 9.17) is 0 Å². The van der Waals surface area contributed by atoms with Gasteiger partial charge in [-0.05, 0) is 78.8 Å². The van der Waals surface area contributed by atoms with Gasteiger partial charge in [0.1, 0.15) is 11.9 Å². The number of hydrogen-bond donors (Lipinski definition) is 3. The number of aryl methyl sites for hydroxylation is 1. The zero-order valence-electron chi connectivity index (χ0n) is 34.9. The Kier molecular flexibility index (Phi) is 11.2. The van der Waals surface area contributed by atoms with Crippen LogP contribution in [0.3, 0.4) is 0 Å². The summed E-state index contributed by atoms with van der Waals surface area (Å²) in [5, 5.41) is 10.5. The van der Waals surface area contributed by atoms with Crippen molar-refractivity contribution in [1.29, 1.82) is 0 Å². The summed E-state index contributed by atoms with van der Waals surface area (Å²) in [5.41, 5.74) is 5.62. The summed E-state index contributed by atoms with van der Waals surface area (Å²) < 4.78 is 49.5. The lowest BCUT2D eigenvalue weighted by molar-refractivity contribution is -0.133. The van der Waals surface area contributed by atoms with Gasteiger partial charge in [0.05, 0.1) is 31.2 Å². The molecular formula is C46H47F3N10O4S. The molecule has 7 heterocycles. The zero-order chi connectivity index (χ0) is 44.1. The quantitative estimate of drug-likeness (QED) is 0.142. The van der Waals surface area contributed by atoms with Crippen LogP contribution in [-0.4, -0.2) is 110 Å². The van der Waals surface area contributed by atoms with Crippen LogP contribution in [0.5, 0.6) is 0 Å². The molecule has 10 rings (SSSR count). The Morgan fingerprint density at radius 3 is 2.45 bits per heavy atom. The molecule has 3 N–H and O–H groups in total. The maximum absolute atomic E-state index is 16.0. The zero-order valence-corrected chi connectivity index (χ0v) is 35.8. The molecule has 5 aliphatic rings. The van der Waals surface area contributed by atoms with Gasteiger partial charge in [0.15, 0.2) is 11.2 Å². The minimum atomic E-state index is -2.90. The first-order valence-corrected chi connectivity index (χ1v) is 22.6. The van der Waals surface area contributed by atoms with E-state index in [0.29, 0.717) is 74.1 Å². The van der Waals surface area contributed by atoms with Crippen LogP contribution in [0.2, 0.25) is 0 Å². The number of amides is 4. The van der Waals surface area contributed by atoms with E-state index >= 15 is 13.2 Å². The number of nitrogens with zero attached hydrogens (tertiary/aromatic N) is 7.